The highest BCUT2D eigenvalue weighted by molar-refractivity contribution is 6.30. The second kappa shape index (κ2) is 8.32. The average molecular weight is 374 g/mol. The first kappa shape index (κ1) is 18.4. The van der Waals surface area contributed by atoms with E-state index in [4.69, 9.17) is 16.3 Å². The SMILES string of the molecule is COc1ccc(Cl)cc1NCC(=O)N1CCN(c2cccc(C)c2)CC1. The third kappa shape index (κ3) is 4.41. The van der Waals surface area contributed by atoms with Gasteiger partial charge in [0.15, 0.2) is 0 Å². The molecule has 1 N–H and O–H groups in total. The molecule has 2 aromatic carbocycles. The molecule has 5 nitrogen and oxygen atoms in total. The van der Waals surface area contributed by atoms with Crippen molar-refractivity contribution in [2.75, 3.05) is 50.1 Å². The number of piperazine rings is 1. The molecule has 138 valence electrons. The standard InChI is InChI=1S/C20H24ClN3O2/c1-15-4-3-5-17(12-15)23-8-10-24(11-9-23)20(25)14-22-18-13-16(21)6-7-19(18)26-2/h3-7,12-13,22H,8-11,14H2,1-2H3. The number of hydrogen-bond donors (Lipinski definition) is 1. The van der Waals surface area contributed by atoms with Crippen LogP contribution < -0.4 is 15.0 Å². The van der Waals surface area contributed by atoms with E-state index in [0.29, 0.717) is 10.8 Å². The molecule has 3 rings (SSSR count). The Morgan fingerprint density at radius 1 is 1.15 bits per heavy atom. The van der Waals surface area contributed by atoms with Crippen LogP contribution in [0.1, 0.15) is 5.56 Å². The van der Waals surface area contributed by atoms with E-state index in [9.17, 15) is 4.79 Å². The molecule has 1 heterocycles. The average Bonchev–Trinajstić information content (AvgIpc) is 2.66. The Morgan fingerprint density at radius 3 is 2.62 bits per heavy atom. The molecule has 0 atom stereocenters. The molecular weight excluding hydrogens is 350 g/mol. The zero-order valence-electron chi connectivity index (χ0n) is 15.2. The number of carbonyl (C=O) groups excluding carboxylic acids is 1. The van der Waals surface area contributed by atoms with Crippen LogP contribution in [0.3, 0.4) is 0 Å². The van der Waals surface area contributed by atoms with E-state index in [-0.39, 0.29) is 12.5 Å². The lowest BCUT2D eigenvalue weighted by Gasteiger charge is -2.36. The first-order valence-corrected chi connectivity index (χ1v) is 9.11. The Bertz CT molecular complexity index is 773. The first-order chi connectivity index (χ1) is 12.6. The fraction of sp³-hybridized carbons (Fsp3) is 0.350. The lowest BCUT2D eigenvalue weighted by Crippen LogP contribution is -2.50. The molecule has 1 fully saturated rings. The van der Waals surface area contributed by atoms with Gasteiger partial charge in [0.1, 0.15) is 5.75 Å². The number of nitrogens with one attached hydrogen (secondary N) is 1. The maximum atomic E-state index is 12.5. The summed E-state index contributed by atoms with van der Waals surface area (Å²) in [5.74, 6) is 0.752. The van der Waals surface area contributed by atoms with E-state index < -0.39 is 0 Å². The van der Waals surface area contributed by atoms with Crippen LogP contribution >= 0.6 is 11.6 Å². The lowest BCUT2D eigenvalue weighted by atomic mass is 10.2. The molecular formula is C20H24ClN3O2. The Balaban J connectivity index is 1.53. The molecule has 0 bridgehead atoms. The van der Waals surface area contributed by atoms with Crippen molar-refractivity contribution < 1.29 is 9.53 Å². The number of halogens is 1. The summed E-state index contributed by atoms with van der Waals surface area (Å²) >= 11 is 6.03. The number of benzene rings is 2. The summed E-state index contributed by atoms with van der Waals surface area (Å²) in [5, 5.41) is 3.74. The number of rotatable bonds is 5. The number of carbonyl (C=O) groups is 1. The summed E-state index contributed by atoms with van der Waals surface area (Å²) in [6, 6.07) is 13.8. The van der Waals surface area contributed by atoms with Crippen molar-refractivity contribution in [1.82, 2.24) is 4.90 Å². The van der Waals surface area contributed by atoms with Crippen LogP contribution in [0.2, 0.25) is 5.02 Å². The van der Waals surface area contributed by atoms with E-state index in [0.717, 1.165) is 31.9 Å². The van der Waals surface area contributed by atoms with Crippen LogP contribution in [-0.4, -0.2) is 50.6 Å². The molecule has 26 heavy (non-hydrogen) atoms. The van der Waals surface area contributed by atoms with Gasteiger partial charge in [0.05, 0.1) is 19.3 Å². The van der Waals surface area contributed by atoms with Crippen molar-refractivity contribution in [2.24, 2.45) is 0 Å². The molecule has 0 unspecified atom stereocenters. The summed E-state index contributed by atoms with van der Waals surface area (Å²) in [6.07, 6.45) is 0. The predicted molar refractivity (Wildman–Crippen MR) is 106 cm³/mol. The fourth-order valence-electron chi connectivity index (χ4n) is 3.14. The second-order valence-corrected chi connectivity index (χ2v) is 6.84. The number of hydrogen-bond acceptors (Lipinski definition) is 4. The molecule has 0 aliphatic carbocycles. The number of ether oxygens (including phenoxy) is 1. The largest absolute Gasteiger partial charge is 0.495 e. The quantitative estimate of drug-likeness (QED) is 0.872. The van der Waals surface area contributed by atoms with Crippen LogP contribution in [-0.2, 0) is 4.79 Å². The smallest absolute Gasteiger partial charge is 0.241 e. The Hall–Kier alpha value is -2.40. The van der Waals surface area contributed by atoms with Crippen molar-refractivity contribution in [1.29, 1.82) is 0 Å². The van der Waals surface area contributed by atoms with E-state index in [1.807, 2.05) is 4.90 Å². The van der Waals surface area contributed by atoms with Gasteiger partial charge >= 0.3 is 0 Å². The molecule has 0 aromatic heterocycles. The zero-order chi connectivity index (χ0) is 18.5. The molecule has 1 aliphatic heterocycles. The molecule has 0 radical (unpaired) electrons. The topological polar surface area (TPSA) is 44.8 Å². The van der Waals surface area contributed by atoms with Gasteiger partial charge in [-0.1, -0.05) is 23.7 Å². The Labute approximate surface area is 159 Å². The first-order valence-electron chi connectivity index (χ1n) is 8.73. The van der Waals surface area contributed by atoms with Gasteiger partial charge in [-0.05, 0) is 42.8 Å². The van der Waals surface area contributed by atoms with Crippen LogP contribution in [0.15, 0.2) is 42.5 Å². The van der Waals surface area contributed by atoms with Gasteiger partial charge in [0.2, 0.25) is 5.91 Å². The van der Waals surface area contributed by atoms with Gasteiger partial charge in [-0.2, -0.15) is 0 Å². The minimum atomic E-state index is 0.0796. The van der Waals surface area contributed by atoms with Crippen LogP contribution in [0, 0.1) is 6.92 Å². The minimum Gasteiger partial charge on any atom is -0.495 e. The summed E-state index contributed by atoms with van der Waals surface area (Å²) in [7, 11) is 1.60. The summed E-state index contributed by atoms with van der Waals surface area (Å²) in [5.41, 5.74) is 3.20. The Kier molecular flexibility index (Phi) is 5.89. The molecule has 1 saturated heterocycles. The van der Waals surface area contributed by atoms with Crippen molar-refractivity contribution >= 4 is 28.9 Å². The number of anilines is 2. The molecule has 2 aromatic rings. The van der Waals surface area contributed by atoms with Gasteiger partial charge in [-0.3, -0.25) is 4.79 Å². The molecule has 1 amide bonds. The van der Waals surface area contributed by atoms with Gasteiger partial charge in [0, 0.05) is 36.9 Å². The van der Waals surface area contributed by atoms with Gasteiger partial charge in [-0.25, -0.2) is 0 Å². The van der Waals surface area contributed by atoms with E-state index >= 15 is 0 Å². The zero-order valence-corrected chi connectivity index (χ0v) is 15.9. The highest BCUT2D eigenvalue weighted by Gasteiger charge is 2.21. The lowest BCUT2D eigenvalue weighted by molar-refractivity contribution is -0.129. The maximum Gasteiger partial charge on any atom is 0.241 e. The van der Waals surface area contributed by atoms with Crippen molar-refractivity contribution in [3.8, 4) is 5.75 Å². The monoisotopic (exact) mass is 373 g/mol. The van der Waals surface area contributed by atoms with Crippen LogP contribution in [0.5, 0.6) is 5.75 Å². The number of amides is 1. The van der Waals surface area contributed by atoms with Crippen LogP contribution in [0.25, 0.3) is 0 Å². The van der Waals surface area contributed by atoms with E-state index in [1.165, 1.54) is 11.3 Å². The third-order valence-corrected chi connectivity index (χ3v) is 4.83. The summed E-state index contributed by atoms with van der Waals surface area (Å²) in [4.78, 5) is 16.7. The fourth-order valence-corrected chi connectivity index (χ4v) is 3.31. The highest BCUT2D eigenvalue weighted by Crippen LogP contribution is 2.27. The molecule has 6 heteroatoms. The number of aryl methyl sites for hydroxylation is 1. The molecule has 0 saturated carbocycles. The van der Waals surface area contributed by atoms with Crippen molar-refractivity contribution in [2.45, 2.75) is 6.92 Å². The van der Waals surface area contributed by atoms with Crippen molar-refractivity contribution in [3.05, 3.63) is 53.1 Å². The predicted octanol–water partition coefficient (Wildman–Crippen LogP) is 3.42. The van der Waals surface area contributed by atoms with Gasteiger partial charge in [0.25, 0.3) is 0 Å². The van der Waals surface area contributed by atoms with E-state index in [2.05, 4.69) is 41.4 Å². The maximum absolute atomic E-state index is 12.5. The normalized spacial score (nSPS) is 14.3. The Morgan fingerprint density at radius 2 is 1.92 bits per heavy atom. The second-order valence-electron chi connectivity index (χ2n) is 6.40. The highest BCUT2D eigenvalue weighted by atomic mass is 35.5. The minimum absolute atomic E-state index is 0.0796. The van der Waals surface area contributed by atoms with Gasteiger partial charge in [-0.15, -0.1) is 0 Å². The van der Waals surface area contributed by atoms with Gasteiger partial charge < -0.3 is 19.9 Å². The summed E-state index contributed by atoms with van der Waals surface area (Å²) in [6.45, 7) is 5.45. The molecule has 0 spiro atoms. The summed E-state index contributed by atoms with van der Waals surface area (Å²) < 4.78 is 5.30. The molecule has 1 aliphatic rings. The third-order valence-electron chi connectivity index (χ3n) is 4.59. The van der Waals surface area contributed by atoms with Crippen LogP contribution in [0.4, 0.5) is 11.4 Å². The van der Waals surface area contributed by atoms with Crippen molar-refractivity contribution in [3.63, 3.8) is 0 Å². The number of nitrogens with zero attached hydrogens (tertiary/aromatic N) is 2. The number of methoxy groups -OCH3 is 1. The van der Waals surface area contributed by atoms with E-state index in [1.54, 1.807) is 25.3 Å².